The largest absolute Gasteiger partial charge is 0.372 e. The molecule has 0 atom stereocenters. The predicted molar refractivity (Wildman–Crippen MR) is 105 cm³/mol. The molecule has 2 aromatic carbocycles. The minimum Gasteiger partial charge on any atom is -0.372 e. The fourth-order valence-electron chi connectivity index (χ4n) is 2.44. The van der Waals surface area contributed by atoms with Crippen LogP contribution in [0.25, 0.3) is 12.2 Å². The Morgan fingerprint density at radius 2 is 1.20 bits per heavy atom. The van der Waals surface area contributed by atoms with Gasteiger partial charge < -0.3 is 4.74 Å². The lowest BCUT2D eigenvalue weighted by Gasteiger charge is -2.18. The third kappa shape index (κ3) is 4.46. The van der Waals surface area contributed by atoms with Gasteiger partial charge in [0.2, 0.25) is 0 Å². The zero-order chi connectivity index (χ0) is 18.0. The number of rotatable bonds is 2. The molecule has 2 aromatic rings. The molecule has 0 radical (unpaired) electrons. The number of hydrogen-bond acceptors (Lipinski definition) is 2. The topological polar surface area (TPSA) is 26.3 Å². The van der Waals surface area contributed by atoms with Crippen molar-refractivity contribution < 1.29 is 9.53 Å². The Morgan fingerprint density at radius 1 is 0.760 bits per heavy atom. The maximum absolute atomic E-state index is 12.7. The summed E-state index contributed by atoms with van der Waals surface area (Å²) in [4.78, 5) is 12.7. The first-order valence-electron chi connectivity index (χ1n) is 7.38. The van der Waals surface area contributed by atoms with Crippen LogP contribution in [0.4, 0.5) is 0 Å². The van der Waals surface area contributed by atoms with Crippen molar-refractivity contribution in [1.29, 1.82) is 0 Å². The molecule has 128 valence electrons. The zero-order valence-corrected chi connectivity index (χ0v) is 15.9. The number of benzene rings is 2. The monoisotopic (exact) mass is 412 g/mol. The van der Waals surface area contributed by atoms with Crippen LogP contribution in [0, 0.1) is 0 Å². The molecule has 3 rings (SSSR count). The number of ketones is 1. The van der Waals surface area contributed by atoms with E-state index < -0.39 is 0 Å². The highest BCUT2D eigenvalue weighted by molar-refractivity contribution is 6.36. The highest BCUT2D eigenvalue weighted by atomic mass is 35.5. The fraction of sp³-hybridized carbons (Fsp3) is 0.105. The molecular weight excluding hydrogens is 402 g/mol. The second-order valence-electron chi connectivity index (χ2n) is 5.49. The molecule has 1 aliphatic rings. The summed E-state index contributed by atoms with van der Waals surface area (Å²) in [5, 5.41) is 2.03. The van der Waals surface area contributed by atoms with Crippen LogP contribution in [0.1, 0.15) is 11.1 Å². The Morgan fingerprint density at radius 3 is 1.60 bits per heavy atom. The van der Waals surface area contributed by atoms with Crippen molar-refractivity contribution >= 4 is 64.3 Å². The molecule has 1 aliphatic heterocycles. The van der Waals surface area contributed by atoms with Gasteiger partial charge in [0, 0.05) is 31.2 Å². The molecule has 1 heterocycles. The van der Waals surface area contributed by atoms with Crippen molar-refractivity contribution in [3.8, 4) is 0 Å². The second kappa shape index (κ2) is 7.94. The smallest absolute Gasteiger partial charge is 0.189 e. The standard InChI is InChI=1S/C19H12Cl4O2/c20-15-3-1-11(17(22)7-15)5-13-9-25-10-14(19(13)24)6-12-2-4-16(21)8-18(12)23/h1-8H,9-10H2/b13-5+,14-6+. The summed E-state index contributed by atoms with van der Waals surface area (Å²) in [5.41, 5.74) is 2.46. The minimum atomic E-state index is -0.0942. The number of Topliss-reactive ketones (excluding diaryl/α,β-unsaturated/α-hetero) is 1. The van der Waals surface area contributed by atoms with E-state index in [-0.39, 0.29) is 19.0 Å². The molecule has 0 amide bonds. The van der Waals surface area contributed by atoms with Crippen LogP contribution < -0.4 is 0 Å². The summed E-state index contributed by atoms with van der Waals surface area (Å²) >= 11 is 24.1. The number of halogens is 4. The average molecular weight is 414 g/mol. The van der Waals surface area contributed by atoms with E-state index in [4.69, 9.17) is 51.1 Å². The zero-order valence-electron chi connectivity index (χ0n) is 12.9. The number of carbonyl (C=O) groups excluding carboxylic acids is 1. The third-order valence-corrected chi connectivity index (χ3v) is 4.81. The molecule has 6 heteroatoms. The molecule has 0 saturated carbocycles. The van der Waals surface area contributed by atoms with Gasteiger partial charge in [0.25, 0.3) is 0 Å². The first kappa shape index (κ1) is 18.5. The Labute approximate surface area is 165 Å². The van der Waals surface area contributed by atoms with Crippen LogP contribution in [0.15, 0.2) is 47.5 Å². The van der Waals surface area contributed by atoms with E-state index in [0.717, 1.165) is 0 Å². The molecule has 0 aliphatic carbocycles. The molecule has 0 unspecified atom stereocenters. The fourth-order valence-corrected chi connectivity index (χ4v) is 3.36. The van der Waals surface area contributed by atoms with Crippen LogP contribution in [0.5, 0.6) is 0 Å². The lowest BCUT2D eigenvalue weighted by molar-refractivity contribution is -0.114. The Bertz CT molecular complexity index is 829. The van der Waals surface area contributed by atoms with Gasteiger partial charge in [-0.2, -0.15) is 0 Å². The van der Waals surface area contributed by atoms with Gasteiger partial charge in [0.15, 0.2) is 5.78 Å². The molecular formula is C19H12Cl4O2. The van der Waals surface area contributed by atoms with Gasteiger partial charge in [-0.05, 0) is 47.5 Å². The van der Waals surface area contributed by atoms with Crippen molar-refractivity contribution in [2.24, 2.45) is 0 Å². The van der Waals surface area contributed by atoms with Crippen molar-refractivity contribution in [2.75, 3.05) is 13.2 Å². The summed E-state index contributed by atoms with van der Waals surface area (Å²) in [6, 6.07) is 10.2. The normalized spacial score (nSPS) is 18.2. The lowest BCUT2D eigenvalue weighted by Crippen LogP contribution is -2.22. The summed E-state index contributed by atoms with van der Waals surface area (Å²) in [5.74, 6) is -0.0942. The highest BCUT2D eigenvalue weighted by Crippen LogP contribution is 2.28. The van der Waals surface area contributed by atoms with E-state index in [1.807, 2.05) is 0 Å². The van der Waals surface area contributed by atoms with E-state index in [2.05, 4.69) is 0 Å². The Kier molecular flexibility index (Phi) is 5.88. The van der Waals surface area contributed by atoms with E-state index >= 15 is 0 Å². The molecule has 0 spiro atoms. The van der Waals surface area contributed by atoms with Crippen LogP contribution >= 0.6 is 46.4 Å². The average Bonchev–Trinajstić information content (AvgIpc) is 2.56. The number of ether oxygens (including phenoxy) is 1. The SMILES string of the molecule is O=C1/C(=C/c2ccc(Cl)cc2Cl)COC/C1=C\c1ccc(Cl)cc1Cl. The van der Waals surface area contributed by atoms with Crippen molar-refractivity contribution in [2.45, 2.75) is 0 Å². The van der Waals surface area contributed by atoms with Crippen LogP contribution in [0.2, 0.25) is 20.1 Å². The van der Waals surface area contributed by atoms with Crippen LogP contribution in [-0.4, -0.2) is 19.0 Å². The first-order chi connectivity index (χ1) is 11.9. The highest BCUT2D eigenvalue weighted by Gasteiger charge is 2.22. The Hall–Kier alpha value is -1.29. The maximum Gasteiger partial charge on any atom is 0.189 e. The van der Waals surface area contributed by atoms with Gasteiger partial charge in [-0.1, -0.05) is 58.5 Å². The molecule has 0 N–H and O–H groups in total. The molecule has 25 heavy (non-hydrogen) atoms. The van der Waals surface area contributed by atoms with Gasteiger partial charge in [-0.25, -0.2) is 0 Å². The van der Waals surface area contributed by atoms with Gasteiger partial charge in [0.05, 0.1) is 13.2 Å². The summed E-state index contributed by atoms with van der Waals surface area (Å²) in [7, 11) is 0. The molecule has 0 bridgehead atoms. The van der Waals surface area contributed by atoms with E-state index in [9.17, 15) is 4.79 Å². The van der Waals surface area contributed by atoms with E-state index in [0.29, 0.717) is 42.4 Å². The second-order valence-corrected chi connectivity index (χ2v) is 7.18. The van der Waals surface area contributed by atoms with Crippen molar-refractivity contribution in [1.82, 2.24) is 0 Å². The summed E-state index contributed by atoms with van der Waals surface area (Å²) in [6.45, 7) is 0.451. The van der Waals surface area contributed by atoms with Crippen molar-refractivity contribution in [3.05, 3.63) is 78.8 Å². The molecule has 1 saturated heterocycles. The van der Waals surface area contributed by atoms with Gasteiger partial charge in [-0.3, -0.25) is 4.79 Å². The lowest BCUT2D eigenvalue weighted by atomic mass is 9.98. The van der Waals surface area contributed by atoms with Gasteiger partial charge in [0.1, 0.15) is 0 Å². The van der Waals surface area contributed by atoms with E-state index in [1.54, 1.807) is 48.6 Å². The van der Waals surface area contributed by atoms with Crippen molar-refractivity contribution in [3.63, 3.8) is 0 Å². The first-order valence-corrected chi connectivity index (χ1v) is 8.89. The molecule has 0 aromatic heterocycles. The number of hydrogen-bond donors (Lipinski definition) is 0. The summed E-state index contributed by atoms with van der Waals surface area (Å²) in [6.07, 6.45) is 3.44. The van der Waals surface area contributed by atoms with Crippen LogP contribution in [0.3, 0.4) is 0 Å². The summed E-state index contributed by atoms with van der Waals surface area (Å²) < 4.78 is 5.54. The van der Waals surface area contributed by atoms with Gasteiger partial charge >= 0.3 is 0 Å². The quantitative estimate of drug-likeness (QED) is 0.535. The molecule has 2 nitrogen and oxygen atoms in total. The minimum absolute atomic E-state index is 0.0942. The Balaban J connectivity index is 1.93. The van der Waals surface area contributed by atoms with Gasteiger partial charge in [-0.15, -0.1) is 0 Å². The maximum atomic E-state index is 12.7. The third-order valence-electron chi connectivity index (χ3n) is 3.68. The molecule has 1 fully saturated rings. The number of carbonyl (C=O) groups is 1. The van der Waals surface area contributed by atoms with E-state index in [1.165, 1.54) is 0 Å². The van der Waals surface area contributed by atoms with Crippen LogP contribution in [-0.2, 0) is 9.53 Å². The predicted octanol–water partition coefficient (Wildman–Crippen LogP) is 6.37.